The van der Waals surface area contributed by atoms with Crippen LogP contribution in [0.25, 0.3) is 0 Å². The standard InChI is InChI=1S/C12H17NO2.ClH/c1-2-3-6-13-8-10-4-5-11-12(7-10)15-9-14-11;/h4-5,7,13H,2-3,6,8-9H2,1H3;1H. The fourth-order valence-corrected chi connectivity index (χ4v) is 1.59. The Morgan fingerprint density at radius 3 is 2.88 bits per heavy atom. The number of fused-ring (bicyclic) bond motifs is 1. The summed E-state index contributed by atoms with van der Waals surface area (Å²) in [7, 11) is 0. The zero-order valence-electron chi connectivity index (χ0n) is 9.49. The molecule has 0 saturated heterocycles. The van der Waals surface area contributed by atoms with Crippen LogP contribution in [0.4, 0.5) is 0 Å². The molecule has 4 heteroatoms. The van der Waals surface area contributed by atoms with E-state index in [1.807, 2.05) is 12.1 Å². The first kappa shape index (κ1) is 13.1. The van der Waals surface area contributed by atoms with Gasteiger partial charge < -0.3 is 14.8 Å². The average molecular weight is 244 g/mol. The van der Waals surface area contributed by atoms with Gasteiger partial charge in [-0.2, -0.15) is 0 Å². The Balaban J connectivity index is 0.00000128. The molecule has 1 aromatic carbocycles. The van der Waals surface area contributed by atoms with Crippen LogP contribution in [0.5, 0.6) is 11.5 Å². The second-order valence-electron chi connectivity index (χ2n) is 3.72. The molecule has 1 N–H and O–H groups in total. The third-order valence-corrected chi connectivity index (χ3v) is 2.47. The van der Waals surface area contributed by atoms with Gasteiger partial charge in [-0.25, -0.2) is 0 Å². The van der Waals surface area contributed by atoms with E-state index in [1.165, 1.54) is 18.4 Å². The van der Waals surface area contributed by atoms with Crippen LogP contribution in [0.15, 0.2) is 18.2 Å². The molecule has 0 aromatic heterocycles. The van der Waals surface area contributed by atoms with Crippen LogP contribution in [0.3, 0.4) is 0 Å². The zero-order chi connectivity index (χ0) is 10.5. The Hall–Kier alpha value is -0.930. The average Bonchev–Trinajstić information content (AvgIpc) is 2.71. The van der Waals surface area contributed by atoms with Crippen molar-refractivity contribution in [3.05, 3.63) is 23.8 Å². The second-order valence-corrected chi connectivity index (χ2v) is 3.72. The van der Waals surface area contributed by atoms with E-state index in [2.05, 4.69) is 18.3 Å². The van der Waals surface area contributed by atoms with E-state index in [9.17, 15) is 0 Å². The highest BCUT2D eigenvalue weighted by atomic mass is 35.5. The molecule has 0 aliphatic carbocycles. The molecule has 1 aromatic rings. The minimum absolute atomic E-state index is 0. The van der Waals surface area contributed by atoms with Crippen molar-refractivity contribution in [3.8, 4) is 11.5 Å². The molecule has 0 fully saturated rings. The molecule has 0 saturated carbocycles. The summed E-state index contributed by atoms with van der Waals surface area (Å²) < 4.78 is 10.6. The predicted octanol–water partition coefficient (Wildman–Crippen LogP) is 2.73. The van der Waals surface area contributed by atoms with Crippen molar-refractivity contribution in [1.29, 1.82) is 0 Å². The number of benzene rings is 1. The topological polar surface area (TPSA) is 30.5 Å². The molecule has 0 bridgehead atoms. The fraction of sp³-hybridized carbons (Fsp3) is 0.500. The van der Waals surface area contributed by atoms with Crippen molar-refractivity contribution >= 4 is 12.4 Å². The number of halogens is 1. The molecule has 3 nitrogen and oxygen atoms in total. The Bertz CT molecular complexity index is 331. The minimum Gasteiger partial charge on any atom is -0.454 e. The summed E-state index contributed by atoms with van der Waals surface area (Å²) in [6.07, 6.45) is 2.46. The zero-order valence-corrected chi connectivity index (χ0v) is 10.3. The Kier molecular flexibility index (Phi) is 5.43. The van der Waals surface area contributed by atoms with Gasteiger partial charge in [-0.1, -0.05) is 19.4 Å². The molecule has 16 heavy (non-hydrogen) atoms. The Morgan fingerprint density at radius 2 is 2.06 bits per heavy atom. The maximum absolute atomic E-state index is 5.32. The first-order valence-corrected chi connectivity index (χ1v) is 5.49. The van der Waals surface area contributed by atoms with E-state index in [1.54, 1.807) is 0 Å². The van der Waals surface area contributed by atoms with Crippen molar-refractivity contribution in [3.63, 3.8) is 0 Å². The molecule has 2 rings (SSSR count). The molecule has 0 unspecified atom stereocenters. The third kappa shape index (κ3) is 3.29. The molecule has 1 heterocycles. The highest BCUT2D eigenvalue weighted by molar-refractivity contribution is 5.85. The summed E-state index contributed by atoms with van der Waals surface area (Å²) in [5.74, 6) is 1.72. The molecule has 1 aliphatic rings. The fourth-order valence-electron chi connectivity index (χ4n) is 1.59. The normalized spacial score (nSPS) is 12.3. The van der Waals surface area contributed by atoms with Crippen LogP contribution in [-0.2, 0) is 6.54 Å². The second kappa shape index (κ2) is 6.61. The number of hydrogen-bond acceptors (Lipinski definition) is 3. The van der Waals surface area contributed by atoms with Crippen molar-refractivity contribution in [1.82, 2.24) is 5.32 Å². The van der Waals surface area contributed by atoms with Gasteiger partial charge in [0.05, 0.1) is 0 Å². The van der Waals surface area contributed by atoms with Gasteiger partial charge >= 0.3 is 0 Å². The first-order chi connectivity index (χ1) is 7.40. The van der Waals surface area contributed by atoms with Crippen molar-refractivity contribution in [2.75, 3.05) is 13.3 Å². The number of hydrogen-bond donors (Lipinski definition) is 1. The first-order valence-electron chi connectivity index (χ1n) is 5.49. The summed E-state index contributed by atoms with van der Waals surface area (Å²) in [5.41, 5.74) is 1.25. The molecule has 1 aliphatic heterocycles. The predicted molar refractivity (Wildman–Crippen MR) is 66.4 cm³/mol. The van der Waals surface area contributed by atoms with E-state index in [4.69, 9.17) is 9.47 Å². The van der Waals surface area contributed by atoms with E-state index in [0.717, 1.165) is 24.6 Å². The van der Waals surface area contributed by atoms with Gasteiger partial charge in [-0.05, 0) is 30.7 Å². The van der Waals surface area contributed by atoms with E-state index in [0.29, 0.717) is 6.79 Å². The molecular weight excluding hydrogens is 226 g/mol. The Labute approximate surface area is 103 Å². The van der Waals surface area contributed by atoms with E-state index >= 15 is 0 Å². The van der Waals surface area contributed by atoms with Gasteiger partial charge in [-0.3, -0.25) is 0 Å². The smallest absolute Gasteiger partial charge is 0.231 e. The van der Waals surface area contributed by atoms with Crippen LogP contribution >= 0.6 is 12.4 Å². The van der Waals surface area contributed by atoms with Crippen LogP contribution < -0.4 is 14.8 Å². The van der Waals surface area contributed by atoms with Crippen molar-refractivity contribution in [2.24, 2.45) is 0 Å². The summed E-state index contributed by atoms with van der Waals surface area (Å²) in [5, 5.41) is 3.40. The van der Waals surface area contributed by atoms with Crippen molar-refractivity contribution < 1.29 is 9.47 Å². The van der Waals surface area contributed by atoms with Gasteiger partial charge in [0.15, 0.2) is 11.5 Å². The number of rotatable bonds is 5. The van der Waals surface area contributed by atoms with Gasteiger partial charge in [0.2, 0.25) is 6.79 Å². The molecular formula is C12H18ClNO2. The molecule has 0 atom stereocenters. The van der Waals surface area contributed by atoms with Crippen LogP contribution in [-0.4, -0.2) is 13.3 Å². The van der Waals surface area contributed by atoms with E-state index < -0.39 is 0 Å². The molecule has 90 valence electrons. The summed E-state index contributed by atoms with van der Waals surface area (Å²) in [6.45, 7) is 4.52. The van der Waals surface area contributed by atoms with Gasteiger partial charge in [-0.15, -0.1) is 12.4 Å². The minimum atomic E-state index is 0. The monoisotopic (exact) mass is 243 g/mol. The number of unbranched alkanes of at least 4 members (excludes halogenated alkanes) is 1. The SMILES string of the molecule is CCCCNCc1ccc2c(c1)OCO2.Cl. The van der Waals surface area contributed by atoms with E-state index in [-0.39, 0.29) is 12.4 Å². The summed E-state index contributed by atoms with van der Waals surface area (Å²) in [6, 6.07) is 6.09. The molecule has 0 spiro atoms. The third-order valence-electron chi connectivity index (χ3n) is 2.47. The van der Waals surface area contributed by atoms with Crippen LogP contribution in [0.2, 0.25) is 0 Å². The lowest BCUT2D eigenvalue weighted by atomic mass is 10.2. The largest absolute Gasteiger partial charge is 0.454 e. The lowest BCUT2D eigenvalue weighted by Gasteiger charge is -2.04. The van der Waals surface area contributed by atoms with Gasteiger partial charge in [0, 0.05) is 6.54 Å². The maximum atomic E-state index is 5.32. The quantitative estimate of drug-likeness (QED) is 0.807. The van der Waals surface area contributed by atoms with Crippen molar-refractivity contribution in [2.45, 2.75) is 26.3 Å². The lowest BCUT2D eigenvalue weighted by Crippen LogP contribution is -2.14. The van der Waals surface area contributed by atoms with Crippen LogP contribution in [0, 0.1) is 0 Å². The Morgan fingerprint density at radius 1 is 1.25 bits per heavy atom. The van der Waals surface area contributed by atoms with Crippen LogP contribution in [0.1, 0.15) is 25.3 Å². The molecule has 0 radical (unpaired) electrons. The van der Waals surface area contributed by atoms with Gasteiger partial charge in [0.1, 0.15) is 0 Å². The maximum Gasteiger partial charge on any atom is 0.231 e. The number of ether oxygens (including phenoxy) is 2. The number of nitrogens with one attached hydrogen (secondary N) is 1. The molecule has 0 amide bonds. The highest BCUT2D eigenvalue weighted by Gasteiger charge is 2.12. The lowest BCUT2D eigenvalue weighted by molar-refractivity contribution is 0.174. The van der Waals surface area contributed by atoms with Gasteiger partial charge in [0.25, 0.3) is 0 Å². The highest BCUT2D eigenvalue weighted by Crippen LogP contribution is 2.32. The summed E-state index contributed by atoms with van der Waals surface area (Å²) >= 11 is 0. The summed E-state index contributed by atoms with van der Waals surface area (Å²) in [4.78, 5) is 0.